The summed E-state index contributed by atoms with van der Waals surface area (Å²) in [5.41, 5.74) is 2.82. The molecule has 0 amide bonds. The highest BCUT2D eigenvalue weighted by Gasteiger charge is 2.23. The van der Waals surface area contributed by atoms with Crippen molar-refractivity contribution in [2.45, 2.75) is 26.4 Å². The number of nitrogens with zero attached hydrogens (tertiary/aromatic N) is 4. The maximum Gasteiger partial charge on any atom is 0.435 e. The number of carbonyl (C=O) groups excluding carboxylic acids is 1. The third-order valence-electron chi connectivity index (χ3n) is 4.03. The summed E-state index contributed by atoms with van der Waals surface area (Å²) in [6, 6.07) is 9.89. The third-order valence-corrected chi connectivity index (χ3v) is 4.59. The van der Waals surface area contributed by atoms with Crippen LogP contribution in [-0.4, -0.2) is 31.4 Å². The fourth-order valence-electron chi connectivity index (χ4n) is 2.91. The molecule has 0 aliphatic rings. The molecule has 6 nitrogen and oxygen atoms in total. The van der Waals surface area contributed by atoms with E-state index in [2.05, 4.69) is 31.0 Å². The zero-order valence-corrected chi connectivity index (χ0v) is 16.7. The minimum atomic E-state index is -0.612. The second-order valence-corrected chi connectivity index (χ2v) is 7.93. The first kappa shape index (κ1) is 17.6. The molecule has 4 rings (SSSR count). The van der Waals surface area contributed by atoms with Gasteiger partial charge in [0.1, 0.15) is 15.7 Å². The highest BCUT2D eigenvalue weighted by atomic mass is 79.9. The second-order valence-electron chi connectivity index (χ2n) is 7.18. The zero-order chi connectivity index (χ0) is 19.2. The Hall–Kier alpha value is -2.80. The van der Waals surface area contributed by atoms with Crippen molar-refractivity contribution in [3.05, 3.63) is 53.5 Å². The van der Waals surface area contributed by atoms with Crippen LogP contribution in [0.25, 0.3) is 32.9 Å². The molecular formula is C20H17BrN4O2. The van der Waals surface area contributed by atoms with Gasteiger partial charge in [-0.15, -0.1) is 0 Å². The summed E-state index contributed by atoms with van der Waals surface area (Å²) in [6.45, 7) is 5.46. The lowest BCUT2D eigenvalue weighted by molar-refractivity contribution is 0.0522. The van der Waals surface area contributed by atoms with Gasteiger partial charge in [0, 0.05) is 28.7 Å². The summed E-state index contributed by atoms with van der Waals surface area (Å²) < 4.78 is 7.27. The van der Waals surface area contributed by atoms with Gasteiger partial charge in [0.2, 0.25) is 0 Å². The Bertz CT molecular complexity index is 1160. The lowest BCUT2D eigenvalue weighted by Gasteiger charge is -2.19. The molecule has 7 heteroatoms. The topological polar surface area (TPSA) is 69.9 Å². The smallest absolute Gasteiger partial charge is 0.435 e. The van der Waals surface area contributed by atoms with Crippen LogP contribution >= 0.6 is 15.9 Å². The van der Waals surface area contributed by atoms with Crippen molar-refractivity contribution in [1.82, 2.24) is 19.7 Å². The SMILES string of the molecule is CC(C)(C)OC(=O)n1nc(Br)c2c3cc(-c4cccnc4)ccc3ncc21. The lowest BCUT2D eigenvalue weighted by atomic mass is 10.0. The number of rotatable bonds is 1. The van der Waals surface area contributed by atoms with Gasteiger partial charge in [-0.1, -0.05) is 12.1 Å². The molecule has 0 saturated heterocycles. The quantitative estimate of drug-likeness (QED) is 0.420. The average Bonchev–Trinajstić information content (AvgIpc) is 2.98. The molecule has 27 heavy (non-hydrogen) atoms. The number of halogens is 1. The van der Waals surface area contributed by atoms with Crippen LogP contribution in [0.4, 0.5) is 4.79 Å². The average molecular weight is 425 g/mol. The van der Waals surface area contributed by atoms with Gasteiger partial charge < -0.3 is 4.74 Å². The summed E-state index contributed by atoms with van der Waals surface area (Å²) in [5, 5.41) is 6.05. The molecule has 0 aliphatic heterocycles. The number of hydrogen-bond acceptors (Lipinski definition) is 5. The van der Waals surface area contributed by atoms with Crippen LogP contribution in [0.3, 0.4) is 0 Å². The van der Waals surface area contributed by atoms with E-state index < -0.39 is 11.7 Å². The zero-order valence-electron chi connectivity index (χ0n) is 15.1. The van der Waals surface area contributed by atoms with Gasteiger partial charge in [0.15, 0.2) is 0 Å². The first-order chi connectivity index (χ1) is 12.8. The van der Waals surface area contributed by atoms with Gasteiger partial charge in [-0.05, 0) is 60.5 Å². The summed E-state index contributed by atoms with van der Waals surface area (Å²) in [7, 11) is 0. The van der Waals surface area contributed by atoms with Crippen molar-refractivity contribution in [1.29, 1.82) is 0 Å². The molecule has 0 saturated carbocycles. The number of fused-ring (bicyclic) bond motifs is 3. The Morgan fingerprint density at radius 3 is 2.67 bits per heavy atom. The molecular weight excluding hydrogens is 408 g/mol. The molecule has 0 radical (unpaired) electrons. The van der Waals surface area contributed by atoms with Gasteiger partial charge in [-0.25, -0.2) is 4.79 Å². The molecule has 4 aromatic rings. The van der Waals surface area contributed by atoms with E-state index in [1.54, 1.807) is 12.4 Å². The Labute approximate surface area is 164 Å². The first-order valence-corrected chi connectivity index (χ1v) is 9.23. The normalized spacial score (nSPS) is 11.9. The van der Waals surface area contributed by atoms with Crippen molar-refractivity contribution in [2.24, 2.45) is 0 Å². The molecule has 3 aromatic heterocycles. The van der Waals surface area contributed by atoms with Crippen molar-refractivity contribution < 1.29 is 9.53 Å². The van der Waals surface area contributed by atoms with Crippen molar-refractivity contribution >= 4 is 43.8 Å². The van der Waals surface area contributed by atoms with E-state index in [-0.39, 0.29) is 0 Å². The maximum atomic E-state index is 12.5. The van der Waals surface area contributed by atoms with Gasteiger partial charge in [0.25, 0.3) is 0 Å². The number of hydrogen-bond donors (Lipinski definition) is 0. The fraction of sp³-hybridized carbons (Fsp3) is 0.200. The first-order valence-electron chi connectivity index (χ1n) is 8.44. The summed E-state index contributed by atoms with van der Waals surface area (Å²) in [4.78, 5) is 21.2. The highest BCUT2D eigenvalue weighted by molar-refractivity contribution is 9.10. The predicted molar refractivity (Wildman–Crippen MR) is 108 cm³/mol. The number of ether oxygens (including phenoxy) is 1. The Kier molecular flexibility index (Phi) is 4.19. The van der Waals surface area contributed by atoms with Gasteiger partial charge in [0.05, 0.1) is 11.7 Å². The van der Waals surface area contributed by atoms with E-state index in [0.29, 0.717) is 10.1 Å². The van der Waals surface area contributed by atoms with E-state index in [1.807, 2.05) is 57.3 Å². The van der Waals surface area contributed by atoms with Crippen LogP contribution in [0.2, 0.25) is 0 Å². The van der Waals surface area contributed by atoms with Gasteiger partial charge in [-0.3, -0.25) is 9.97 Å². The van der Waals surface area contributed by atoms with Crippen molar-refractivity contribution in [2.75, 3.05) is 0 Å². The van der Waals surface area contributed by atoms with E-state index in [0.717, 1.165) is 27.4 Å². The van der Waals surface area contributed by atoms with Gasteiger partial charge >= 0.3 is 6.09 Å². The van der Waals surface area contributed by atoms with E-state index in [9.17, 15) is 4.79 Å². The molecule has 0 spiro atoms. The molecule has 136 valence electrons. The van der Waals surface area contributed by atoms with Crippen LogP contribution in [-0.2, 0) is 4.74 Å². The minimum absolute atomic E-state index is 0.539. The largest absolute Gasteiger partial charge is 0.442 e. The van der Waals surface area contributed by atoms with Gasteiger partial charge in [-0.2, -0.15) is 9.78 Å². The minimum Gasteiger partial charge on any atom is -0.442 e. The van der Waals surface area contributed by atoms with Crippen molar-refractivity contribution in [3.8, 4) is 11.1 Å². The van der Waals surface area contributed by atoms with E-state index in [4.69, 9.17) is 4.74 Å². The van der Waals surface area contributed by atoms with E-state index in [1.165, 1.54) is 4.68 Å². The second kappa shape index (κ2) is 6.42. The molecule has 0 fully saturated rings. The molecule has 3 heterocycles. The third kappa shape index (κ3) is 3.30. The fourth-order valence-corrected chi connectivity index (χ4v) is 3.48. The Morgan fingerprint density at radius 2 is 1.96 bits per heavy atom. The molecule has 0 N–H and O–H groups in total. The Balaban J connectivity index is 1.92. The number of benzene rings is 1. The number of carbonyl (C=O) groups is 1. The number of pyridine rings is 2. The predicted octanol–water partition coefficient (Wildman–Crippen LogP) is 5.19. The molecule has 0 unspecified atom stereocenters. The van der Waals surface area contributed by atoms with Crippen LogP contribution < -0.4 is 0 Å². The van der Waals surface area contributed by atoms with Crippen LogP contribution in [0.15, 0.2) is 53.5 Å². The highest BCUT2D eigenvalue weighted by Crippen LogP contribution is 2.33. The standard InChI is InChI=1S/C20H17BrN4O2/c1-20(2,3)27-19(26)25-16-11-23-15-7-6-12(13-5-4-8-22-10-13)9-14(15)17(16)18(21)24-25/h4-11H,1-3H3. The van der Waals surface area contributed by atoms with Crippen LogP contribution in [0.1, 0.15) is 20.8 Å². The molecule has 0 atom stereocenters. The summed E-state index contributed by atoms with van der Waals surface area (Å²) in [5.74, 6) is 0. The molecule has 1 aromatic carbocycles. The van der Waals surface area contributed by atoms with E-state index >= 15 is 0 Å². The summed E-state index contributed by atoms with van der Waals surface area (Å²) >= 11 is 3.49. The lowest BCUT2D eigenvalue weighted by Crippen LogP contribution is -2.27. The summed E-state index contributed by atoms with van der Waals surface area (Å²) in [6.07, 6.45) is 4.66. The van der Waals surface area contributed by atoms with Crippen LogP contribution in [0, 0.1) is 0 Å². The van der Waals surface area contributed by atoms with Crippen LogP contribution in [0.5, 0.6) is 0 Å². The molecule has 0 bridgehead atoms. The Morgan fingerprint density at radius 1 is 1.15 bits per heavy atom. The maximum absolute atomic E-state index is 12.5. The monoisotopic (exact) mass is 424 g/mol. The molecule has 0 aliphatic carbocycles. The van der Waals surface area contributed by atoms with Crippen molar-refractivity contribution in [3.63, 3.8) is 0 Å². The number of aromatic nitrogens is 4.